The molecule has 0 aromatic carbocycles. The molecule has 0 aliphatic carbocycles. The fraction of sp³-hybridized carbons (Fsp3) is 0.316. The highest BCUT2D eigenvalue weighted by Gasteiger charge is 2.30. The number of allylic oxidation sites excluding steroid dienone is 3. The lowest BCUT2D eigenvalue weighted by Crippen LogP contribution is -2.16. The van der Waals surface area contributed by atoms with Crippen molar-refractivity contribution < 1.29 is 22.8 Å². The Balaban J connectivity index is 2.16. The van der Waals surface area contributed by atoms with Crippen LogP contribution in [-0.2, 0) is 11.2 Å². The lowest BCUT2D eigenvalue weighted by Gasteiger charge is -2.11. The van der Waals surface area contributed by atoms with Gasteiger partial charge in [-0.1, -0.05) is 25.2 Å². The summed E-state index contributed by atoms with van der Waals surface area (Å²) in [5, 5.41) is 14.1. The monoisotopic (exact) mass is 410 g/mol. The molecule has 1 N–H and O–H groups in total. The number of nitrogens with one attached hydrogen (secondary N) is 1. The molecule has 0 aliphatic rings. The van der Waals surface area contributed by atoms with Gasteiger partial charge < -0.3 is 10.1 Å². The highest BCUT2D eigenvalue weighted by atomic mass is 19.4. The average Bonchev–Trinajstić information content (AvgIpc) is 3.00. The lowest BCUT2D eigenvalue weighted by molar-refractivity contribution is -0.384. The molecule has 0 spiro atoms. The van der Waals surface area contributed by atoms with Gasteiger partial charge in [-0.3, -0.25) is 14.5 Å². The van der Waals surface area contributed by atoms with Crippen LogP contribution >= 0.6 is 0 Å². The van der Waals surface area contributed by atoms with E-state index in [0.29, 0.717) is 30.0 Å². The van der Waals surface area contributed by atoms with E-state index >= 15 is 0 Å². The fourth-order valence-corrected chi connectivity index (χ4v) is 2.63. The number of hydrogen-bond donors (Lipinski definition) is 1. The summed E-state index contributed by atoms with van der Waals surface area (Å²) in [5.41, 5.74) is 3.08. The topological polar surface area (TPSA) is 81.7 Å². The molecule has 0 fully saturated rings. The van der Waals surface area contributed by atoms with E-state index in [1.54, 1.807) is 17.5 Å². The Kier molecular flexibility index (Phi) is 6.68. The molecule has 156 valence electrons. The van der Waals surface area contributed by atoms with Crippen molar-refractivity contribution in [1.29, 1.82) is 0 Å². The molecule has 0 aliphatic heterocycles. The molecule has 2 rings (SSSR count). The second-order valence-corrected chi connectivity index (χ2v) is 6.30. The summed E-state index contributed by atoms with van der Waals surface area (Å²) in [4.78, 5) is 14.9. The number of pyridine rings is 1. The van der Waals surface area contributed by atoms with E-state index in [0.717, 1.165) is 11.3 Å². The maximum Gasteiger partial charge on any atom is 0.572 e. The van der Waals surface area contributed by atoms with Crippen molar-refractivity contribution in [3.63, 3.8) is 0 Å². The Morgan fingerprint density at radius 2 is 2.10 bits per heavy atom. The number of rotatable bonds is 8. The van der Waals surface area contributed by atoms with E-state index in [2.05, 4.69) is 21.6 Å². The molecule has 2 heterocycles. The van der Waals surface area contributed by atoms with Gasteiger partial charge in [-0.15, -0.1) is 13.2 Å². The van der Waals surface area contributed by atoms with Crippen molar-refractivity contribution >= 4 is 17.0 Å². The van der Waals surface area contributed by atoms with Crippen LogP contribution in [0.1, 0.15) is 32.2 Å². The molecule has 7 nitrogen and oxygen atoms in total. The van der Waals surface area contributed by atoms with Crippen molar-refractivity contribution in [2.45, 2.75) is 33.6 Å². The standard InChI is InChI=1S/C19H21F3N4O3/c1-5-16-18(25-9-8-15(26(27)28)10-17(25)24-16)14(4)23-11-12(2)6-7-13(3)29-19(20,21)22/h6-10,23H,4-5,11H2,1-3H3/b12-6+,13-7+. The SMILES string of the molecule is C=C(NC/C(C)=C/C=C(\C)OC(F)(F)F)c1c(CC)nc2cc([N+](=O)[O-])ccn12. The summed E-state index contributed by atoms with van der Waals surface area (Å²) in [5.74, 6) is -0.271. The van der Waals surface area contributed by atoms with Crippen LogP contribution in [0.25, 0.3) is 11.3 Å². The third-order valence-corrected chi connectivity index (χ3v) is 3.97. The van der Waals surface area contributed by atoms with Gasteiger partial charge >= 0.3 is 6.36 Å². The Morgan fingerprint density at radius 1 is 1.41 bits per heavy atom. The number of imidazole rings is 1. The van der Waals surface area contributed by atoms with Crippen LogP contribution in [0.4, 0.5) is 18.9 Å². The van der Waals surface area contributed by atoms with Crippen molar-refractivity contribution in [2.24, 2.45) is 0 Å². The average molecular weight is 410 g/mol. The molecule has 2 aromatic rings. The van der Waals surface area contributed by atoms with Crippen molar-refractivity contribution in [1.82, 2.24) is 14.7 Å². The molecule has 0 saturated heterocycles. The van der Waals surface area contributed by atoms with Crippen molar-refractivity contribution in [3.05, 3.63) is 69.9 Å². The lowest BCUT2D eigenvalue weighted by atomic mass is 10.2. The Bertz CT molecular complexity index is 990. The van der Waals surface area contributed by atoms with Crippen LogP contribution in [0.3, 0.4) is 0 Å². The largest absolute Gasteiger partial charge is 0.572 e. The third kappa shape index (κ3) is 5.84. The number of nitrogens with zero attached hydrogens (tertiary/aromatic N) is 3. The van der Waals surface area contributed by atoms with E-state index in [9.17, 15) is 23.3 Å². The van der Waals surface area contributed by atoms with E-state index in [-0.39, 0.29) is 11.4 Å². The van der Waals surface area contributed by atoms with E-state index in [1.165, 1.54) is 31.2 Å². The summed E-state index contributed by atoms with van der Waals surface area (Å²) >= 11 is 0. The number of alkyl halides is 3. The van der Waals surface area contributed by atoms with Gasteiger partial charge in [-0.05, 0) is 26.3 Å². The predicted octanol–water partition coefficient (Wildman–Crippen LogP) is 4.75. The van der Waals surface area contributed by atoms with Crippen molar-refractivity contribution in [3.8, 4) is 0 Å². The van der Waals surface area contributed by atoms with E-state index in [1.807, 2.05) is 6.92 Å². The minimum atomic E-state index is -4.72. The molecule has 0 saturated carbocycles. The number of ether oxygens (including phenoxy) is 1. The van der Waals surface area contributed by atoms with Crippen LogP contribution in [0.15, 0.2) is 48.4 Å². The summed E-state index contributed by atoms with van der Waals surface area (Å²) in [7, 11) is 0. The van der Waals surface area contributed by atoms with Gasteiger partial charge in [0.1, 0.15) is 11.4 Å². The zero-order valence-corrected chi connectivity index (χ0v) is 16.2. The molecule has 0 amide bonds. The van der Waals surface area contributed by atoms with Crippen LogP contribution in [0.2, 0.25) is 0 Å². The van der Waals surface area contributed by atoms with Crippen LogP contribution in [0, 0.1) is 10.1 Å². The number of hydrogen-bond acceptors (Lipinski definition) is 5. The van der Waals surface area contributed by atoms with E-state index in [4.69, 9.17) is 0 Å². The highest BCUT2D eigenvalue weighted by molar-refractivity contribution is 5.66. The Morgan fingerprint density at radius 3 is 2.69 bits per heavy atom. The first-order valence-corrected chi connectivity index (χ1v) is 8.70. The van der Waals surface area contributed by atoms with Gasteiger partial charge in [-0.25, -0.2) is 4.98 Å². The molecular formula is C19H21F3N4O3. The smallest absolute Gasteiger partial charge is 0.411 e. The maximum absolute atomic E-state index is 12.2. The molecular weight excluding hydrogens is 389 g/mol. The third-order valence-electron chi connectivity index (χ3n) is 3.97. The summed E-state index contributed by atoms with van der Waals surface area (Å²) in [6, 6.07) is 2.76. The first-order chi connectivity index (χ1) is 13.5. The maximum atomic E-state index is 12.2. The second-order valence-electron chi connectivity index (χ2n) is 6.30. The zero-order chi connectivity index (χ0) is 21.8. The zero-order valence-electron chi connectivity index (χ0n) is 16.2. The van der Waals surface area contributed by atoms with Gasteiger partial charge in [0.05, 0.1) is 28.1 Å². The summed E-state index contributed by atoms with van der Waals surface area (Å²) in [6.07, 6.45) is 0.184. The number of halogens is 3. The molecule has 10 heteroatoms. The van der Waals surface area contributed by atoms with E-state index < -0.39 is 11.3 Å². The van der Waals surface area contributed by atoms with Crippen LogP contribution < -0.4 is 5.32 Å². The molecule has 29 heavy (non-hydrogen) atoms. The second kappa shape index (κ2) is 8.80. The number of aryl methyl sites for hydroxylation is 1. The normalized spacial score (nSPS) is 12.9. The number of aromatic nitrogens is 2. The highest BCUT2D eigenvalue weighted by Crippen LogP contribution is 2.23. The number of nitro groups is 1. The van der Waals surface area contributed by atoms with Crippen LogP contribution in [0.5, 0.6) is 0 Å². The Labute approximate surface area is 165 Å². The minimum Gasteiger partial charge on any atom is -0.411 e. The van der Waals surface area contributed by atoms with Gasteiger partial charge in [0.25, 0.3) is 5.69 Å². The molecule has 0 atom stereocenters. The van der Waals surface area contributed by atoms with Gasteiger partial charge in [0, 0.05) is 18.8 Å². The minimum absolute atomic E-state index is 0.0581. The Hall–Kier alpha value is -3.30. The molecule has 0 unspecified atom stereocenters. The summed E-state index contributed by atoms with van der Waals surface area (Å²) in [6.45, 7) is 9.21. The molecule has 2 aromatic heterocycles. The van der Waals surface area contributed by atoms with Gasteiger partial charge in [0.15, 0.2) is 0 Å². The van der Waals surface area contributed by atoms with Gasteiger partial charge in [-0.2, -0.15) is 0 Å². The molecule has 0 radical (unpaired) electrons. The first-order valence-electron chi connectivity index (χ1n) is 8.70. The van der Waals surface area contributed by atoms with Gasteiger partial charge in [0.2, 0.25) is 0 Å². The number of fused-ring (bicyclic) bond motifs is 1. The van der Waals surface area contributed by atoms with Crippen molar-refractivity contribution in [2.75, 3.05) is 6.54 Å². The molecule has 0 bridgehead atoms. The first kappa shape index (κ1) is 22.0. The fourth-order valence-electron chi connectivity index (χ4n) is 2.63. The van der Waals surface area contributed by atoms with Crippen LogP contribution in [-0.4, -0.2) is 27.2 Å². The summed E-state index contributed by atoms with van der Waals surface area (Å²) < 4.78 is 42.0. The predicted molar refractivity (Wildman–Crippen MR) is 103 cm³/mol. The quantitative estimate of drug-likeness (QED) is 0.294.